The molecule has 0 atom stereocenters. The molecule has 0 aliphatic heterocycles. The summed E-state index contributed by atoms with van der Waals surface area (Å²) in [5, 5.41) is 3.49. The molecular weight excluding hydrogens is 304 g/mol. The molecule has 1 aromatic carbocycles. The summed E-state index contributed by atoms with van der Waals surface area (Å²) >= 11 is 6.09. The normalized spacial score (nSPS) is 10.6. The van der Waals surface area contributed by atoms with Crippen LogP contribution >= 0.6 is 11.6 Å². The molecule has 7 heteroatoms. The van der Waals surface area contributed by atoms with Crippen LogP contribution in [-0.2, 0) is 0 Å². The van der Waals surface area contributed by atoms with Gasteiger partial charge in [-0.3, -0.25) is 0 Å². The molecule has 1 aromatic heterocycles. The molecule has 6 nitrogen and oxygen atoms in total. The van der Waals surface area contributed by atoms with E-state index in [2.05, 4.69) is 29.1 Å². The van der Waals surface area contributed by atoms with Gasteiger partial charge < -0.3 is 20.5 Å². The number of ether oxygens (including phenoxy) is 2. The number of anilines is 3. The Labute approximate surface area is 134 Å². The lowest BCUT2D eigenvalue weighted by Gasteiger charge is -2.18. The number of nitrogens with one attached hydrogen (secondary N) is 1. The quantitative estimate of drug-likeness (QED) is 0.818. The summed E-state index contributed by atoms with van der Waals surface area (Å²) in [6.45, 7) is 4.18. The second kappa shape index (κ2) is 6.70. The molecule has 0 aliphatic rings. The number of benzene rings is 1. The largest absolute Gasteiger partial charge is 0.493 e. The van der Waals surface area contributed by atoms with Crippen molar-refractivity contribution in [2.24, 2.45) is 0 Å². The maximum Gasteiger partial charge on any atom is 0.221 e. The van der Waals surface area contributed by atoms with E-state index in [0.29, 0.717) is 17.2 Å². The van der Waals surface area contributed by atoms with E-state index in [9.17, 15) is 0 Å². The second-order valence-electron chi connectivity index (χ2n) is 5.01. The fraction of sp³-hybridized carbons (Fsp3) is 0.333. The van der Waals surface area contributed by atoms with Crippen molar-refractivity contribution in [3.05, 3.63) is 29.0 Å². The predicted octanol–water partition coefficient (Wildman–Crippen LogP) is 3.60. The first-order valence-corrected chi connectivity index (χ1v) is 7.15. The fourth-order valence-electron chi connectivity index (χ4n) is 2.08. The van der Waals surface area contributed by atoms with Gasteiger partial charge in [-0.15, -0.1) is 0 Å². The van der Waals surface area contributed by atoms with Crippen molar-refractivity contribution in [2.75, 3.05) is 25.3 Å². The molecule has 0 unspecified atom stereocenters. The highest BCUT2D eigenvalue weighted by molar-refractivity contribution is 6.32. The van der Waals surface area contributed by atoms with Crippen LogP contribution in [0.2, 0.25) is 5.15 Å². The van der Waals surface area contributed by atoms with Gasteiger partial charge in [0.05, 0.1) is 26.1 Å². The van der Waals surface area contributed by atoms with Gasteiger partial charge in [-0.2, -0.15) is 4.98 Å². The van der Waals surface area contributed by atoms with Crippen LogP contribution in [0.1, 0.15) is 25.3 Å². The number of methoxy groups -OCH3 is 2. The summed E-state index contributed by atoms with van der Waals surface area (Å²) in [6.07, 6.45) is 1.55. The van der Waals surface area contributed by atoms with Crippen LogP contribution in [0.3, 0.4) is 0 Å². The van der Waals surface area contributed by atoms with E-state index in [1.807, 2.05) is 12.1 Å². The van der Waals surface area contributed by atoms with Gasteiger partial charge in [0.1, 0.15) is 0 Å². The third-order valence-electron chi connectivity index (χ3n) is 3.21. The number of nitrogens with zero attached hydrogens (tertiary/aromatic N) is 2. The molecule has 0 radical (unpaired) electrons. The van der Waals surface area contributed by atoms with Crippen LogP contribution in [0.15, 0.2) is 18.3 Å². The Kier molecular flexibility index (Phi) is 4.92. The van der Waals surface area contributed by atoms with E-state index >= 15 is 0 Å². The first kappa shape index (κ1) is 16.2. The molecule has 0 saturated carbocycles. The molecule has 3 N–H and O–H groups in total. The SMILES string of the molecule is COc1cc(Nc2cnc(N)nc2Cl)c(C(C)C)cc1OC. The molecular formula is C15H19ClN4O2. The zero-order valence-corrected chi connectivity index (χ0v) is 13.7. The monoisotopic (exact) mass is 322 g/mol. The van der Waals surface area contributed by atoms with E-state index in [1.165, 1.54) is 0 Å². The zero-order chi connectivity index (χ0) is 16.3. The van der Waals surface area contributed by atoms with Gasteiger partial charge in [-0.1, -0.05) is 25.4 Å². The molecule has 118 valence electrons. The molecule has 0 spiro atoms. The Bertz CT molecular complexity index is 677. The number of rotatable bonds is 5. The van der Waals surface area contributed by atoms with Gasteiger partial charge in [0.25, 0.3) is 0 Å². The van der Waals surface area contributed by atoms with Crippen LogP contribution < -0.4 is 20.5 Å². The van der Waals surface area contributed by atoms with Crippen molar-refractivity contribution in [1.29, 1.82) is 0 Å². The minimum Gasteiger partial charge on any atom is -0.493 e. The third kappa shape index (κ3) is 3.33. The van der Waals surface area contributed by atoms with Gasteiger partial charge in [0.15, 0.2) is 16.7 Å². The van der Waals surface area contributed by atoms with Gasteiger partial charge in [-0.05, 0) is 17.5 Å². The summed E-state index contributed by atoms with van der Waals surface area (Å²) in [4.78, 5) is 7.88. The first-order chi connectivity index (χ1) is 10.5. The molecule has 1 heterocycles. The predicted molar refractivity (Wildman–Crippen MR) is 88.4 cm³/mol. The molecule has 2 rings (SSSR count). The van der Waals surface area contributed by atoms with Crippen LogP contribution in [0.25, 0.3) is 0 Å². The van der Waals surface area contributed by atoms with Crippen molar-refractivity contribution in [2.45, 2.75) is 19.8 Å². The third-order valence-corrected chi connectivity index (χ3v) is 3.50. The highest BCUT2D eigenvalue weighted by Gasteiger charge is 2.15. The van der Waals surface area contributed by atoms with Crippen LogP contribution in [-0.4, -0.2) is 24.2 Å². The van der Waals surface area contributed by atoms with Crippen LogP contribution in [0, 0.1) is 0 Å². The molecule has 22 heavy (non-hydrogen) atoms. The van der Waals surface area contributed by atoms with E-state index < -0.39 is 0 Å². The van der Waals surface area contributed by atoms with Gasteiger partial charge >= 0.3 is 0 Å². The maximum absolute atomic E-state index is 6.09. The Morgan fingerprint density at radius 1 is 1.14 bits per heavy atom. The van der Waals surface area contributed by atoms with Crippen molar-refractivity contribution in [3.63, 3.8) is 0 Å². The average Bonchev–Trinajstić information content (AvgIpc) is 2.49. The second-order valence-corrected chi connectivity index (χ2v) is 5.36. The lowest BCUT2D eigenvalue weighted by molar-refractivity contribution is 0.354. The lowest BCUT2D eigenvalue weighted by atomic mass is 10.00. The van der Waals surface area contributed by atoms with E-state index in [1.54, 1.807) is 20.4 Å². The summed E-state index contributed by atoms with van der Waals surface area (Å²) in [7, 11) is 3.20. The summed E-state index contributed by atoms with van der Waals surface area (Å²) in [6, 6.07) is 3.80. The summed E-state index contributed by atoms with van der Waals surface area (Å²) in [5.74, 6) is 1.71. The van der Waals surface area contributed by atoms with Crippen LogP contribution in [0.5, 0.6) is 11.5 Å². The highest BCUT2D eigenvalue weighted by Crippen LogP contribution is 2.38. The number of hydrogen-bond acceptors (Lipinski definition) is 6. The molecule has 0 amide bonds. The highest BCUT2D eigenvalue weighted by atomic mass is 35.5. The Hall–Kier alpha value is -2.21. The van der Waals surface area contributed by atoms with Gasteiger partial charge in [-0.25, -0.2) is 4.98 Å². The van der Waals surface area contributed by atoms with Crippen molar-refractivity contribution in [1.82, 2.24) is 9.97 Å². The smallest absolute Gasteiger partial charge is 0.221 e. The first-order valence-electron chi connectivity index (χ1n) is 6.77. The average molecular weight is 323 g/mol. The number of aromatic nitrogens is 2. The maximum atomic E-state index is 6.09. The molecule has 0 bridgehead atoms. The minimum atomic E-state index is 0.131. The number of hydrogen-bond donors (Lipinski definition) is 2. The topological polar surface area (TPSA) is 82.3 Å². The molecule has 2 aromatic rings. The molecule has 0 aliphatic carbocycles. The van der Waals surface area contributed by atoms with Crippen LogP contribution in [0.4, 0.5) is 17.3 Å². The minimum absolute atomic E-state index is 0.131. The van der Waals surface area contributed by atoms with E-state index in [0.717, 1.165) is 11.3 Å². The van der Waals surface area contributed by atoms with Crippen molar-refractivity contribution < 1.29 is 9.47 Å². The van der Waals surface area contributed by atoms with Gasteiger partial charge in [0, 0.05) is 11.8 Å². The summed E-state index contributed by atoms with van der Waals surface area (Å²) < 4.78 is 10.7. The van der Waals surface area contributed by atoms with Gasteiger partial charge in [0.2, 0.25) is 5.95 Å². The van der Waals surface area contributed by atoms with Crippen molar-refractivity contribution >= 4 is 28.9 Å². The number of halogens is 1. The molecule has 0 fully saturated rings. The van der Waals surface area contributed by atoms with Crippen molar-refractivity contribution in [3.8, 4) is 11.5 Å². The number of nitrogens with two attached hydrogens (primary N) is 1. The van der Waals surface area contributed by atoms with E-state index in [4.69, 9.17) is 26.8 Å². The lowest BCUT2D eigenvalue weighted by Crippen LogP contribution is -2.03. The standard InChI is InChI=1S/C15H19ClN4O2/c1-8(2)9-5-12(21-3)13(22-4)6-10(9)19-11-7-18-15(17)20-14(11)16/h5-8,19H,1-4H3,(H2,17,18,20). The Morgan fingerprint density at radius 2 is 1.77 bits per heavy atom. The Balaban J connectivity index is 2.48. The summed E-state index contributed by atoms with van der Waals surface area (Å²) in [5.41, 5.74) is 8.00. The zero-order valence-electron chi connectivity index (χ0n) is 13.0. The fourth-order valence-corrected chi connectivity index (χ4v) is 2.27. The van der Waals surface area contributed by atoms with E-state index in [-0.39, 0.29) is 17.0 Å². The Morgan fingerprint density at radius 3 is 2.32 bits per heavy atom. The molecule has 0 saturated heterocycles. The number of nitrogen functional groups attached to an aromatic ring is 1.